The van der Waals surface area contributed by atoms with Crippen molar-refractivity contribution in [3.8, 4) is 0 Å². The Morgan fingerprint density at radius 2 is 1.60 bits per heavy atom. The molecule has 0 unspecified atom stereocenters. The van der Waals surface area contributed by atoms with E-state index in [1.165, 1.54) is 0 Å². The molecule has 4 nitrogen and oxygen atoms in total. The van der Waals surface area contributed by atoms with E-state index < -0.39 is 17.8 Å². The first-order valence-electron chi connectivity index (χ1n) is 7.22. The molecule has 114 valence electrons. The Bertz CT molecular complexity index is 431. The van der Waals surface area contributed by atoms with E-state index >= 15 is 0 Å². The van der Waals surface area contributed by atoms with E-state index in [2.05, 4.69) is 26.1 Å². The Hall–Kier alpha value is -1.32. The van der Waals surface area contributed by atoms with E-state index in [-0.39, 0.29) is 17.4 Å². The molecule has 0 saturated carbocycles. The fourth-order valence-electron chi connectivity index (χ4n) is 2.36. The Morgan fingerprint density at radius 3 is 2.00 bits per heavy atom. The average Bonchev–Trinajstić information content (AvgIpc) is 2.30. The number of nitrogens with one attached hydrogen (secondary N) is 1. The van der Waals surface area contributed by atoms with Gasteiger partial charge >= 0.3 is 5.97 Å². The minimum absolute atomic E-state index is 0.0109. The highest BCUT2D eigenvalue weighted by Crippen LogP contribution is 2.34. The first-order chi connectivity index (χ1) is 9.04. The SMILES string of the molecule is CC1=C(C)C[C@H](C(=O)N[C@H](C)C(C)(C)C)[C@@H](C(=O)O)C1. The number of carbonyl (C=O) groups excluding carboxylic acids is 1. The van der Waals surface area contributed by atoms with Gasteiger partial charge in [0.25, 0.3) is 0 Å². The molecule has 0 aromatic heterocycles. The van der Waals surface area contributed by atoms with Gasteiger partial charge in [-0.3, -0.25) is 9.59 Å². The Balaban J connectivity index is 2.87. The van der Waals surface area contributed by atoms with E-state index in [0.717, 1.165) is 11.1 Å². The van der Waals surface area contributed by atoms with Gasteiger partial charge in [0, 0.05) is 6.04 Å². The van der Waals surface area contributed by atoms with Gasteiger partial charge in [0.15, 0.2) is 0 Å². The number of aliphatic carboxylic acids is 1. The molecule has 2 N–H and O–H groups in total. The van der Waals surface area contributed by atoms with Gasteiger partial charge in [-0.2, -0.15) is 0 Å². The van der Waals surface area contributed by atoms with Gasteiger partial charge < -0.3 is 10.4 Å². The molecule has 0 spiro atoms. The highest BCUT2D eigenvalue weighted by Gasteiger charge is 2.38. The highest BCUT2D eigenvalue weighted by molar-refractivity contribution is 5.85. The van der Waals surface area contributed by atoms with Gasteiger partial charge in [-0.25, -0.2) is 0 Å². The van der Waals surface area contributed by atoms with Crippen molar-refractivity contribution in [1.82, 2.24) is 5.32 Å². The van der Waals surface area contributed by atoms with E-state index in [0.29, 0.717) is 12.8 Å². The molecule has 1 amide bonds. The third-order valence-electron chi connectivity index (χ3n) is 4.58. The average molecular weight is 281 g/mol. The van der Waals surface area contributed by atoms with Gasteiger partial charge in [-0.1, -0.05) is 31.9 Å². The number of hydrogen-bond donors (Lipinski definition) is 2. The lowest BCUT2D eigenvalue weighted by atomic mass is 9.75. The third kappa shape index (κ3) is 3.84. The summed E-state index contributed by atoms with van der Waals surface area (Å²) in [5, 5.41) is 12.3. The van der Waals surface area contributed by atoms with Gasteiger partial charge in [0.2, 0.25) is 5.91 Å². The Kier molecular flexibility index (Phi) is 5.00. The normalized spacial score (nSPS) is 25.3. The van der Waals surface area contributed by atoms with Crippen LogP contribution in [0.2, 0.25) is 0 Å². The lowest BCUT2D eigenvalue weighted by Crippen LogP contribution is -2.47. The van der Waals surface area contributed by atoms with Crippen molar-refractivity contribution >= 4 is 11.9 Å². The predicted octanol–water partition coefficient (Wildman–Crippen LogP) is 2.98. The van der Waals surface area contributed by atoms with E-state index in [1.807, 2.05) is 20.8 Å². The fraction of sp³-hybridized carbons (Fsp3) is 0.750. The second-order valence-corrected chi connectivity index (χ2v) is 7.12. The molecule has 0 bridgehead atoms. The fourth-order valence-corrected chi connectivity index (χ4v) is 2.36. The zero-order valence-corrected chi connectivity index (χ0v) is 13.4. The van der Waals surface area contributed by atoms with Crippen molar-refractivity contribution in [2.75, 3.05) is 0 Å². The van der Waals surface area contributed by atoms with Crippen molar-refractivity contribution in [2.45, 2.75) is 60.4 Å². The van der Waals surface area contributed by atoms with Crippen LogP contribution in [0, 0.1) is 17.3 Å². The molecule has 0 aromatic carbocycles. The second kappa shape index (κ2) is 5.98. The highest BCUT2D eigenvalue weighted by atomic mass is 16.4. The van der Waals surface area contributed by atoms with Crippen LogP contribution in [0.1, 0.15) is 54.4 Å². The summed E-state index contributed by atoms with van der Waals surface area (Å²) in [6.45, 7) is 12.1. The minimum Gasteiger partial charge on any atom is -0.481 e. The van der Waals surface area contributed by atoms with Gasteiger partial charge in [0.05, 0.1) is 11.8 Å². The summed E-state index contributed by atoms with van der Waals surface area (Å²) in [4.78, 5) is 23.8. The smallest absolute Gasteiger partial charge is 0.307 e. The van der Waals surface area contributed by atoms with Crippen LogP contribution in [0.4, 0.5) is 0 Å². The molecule has 1 aliphatic carbocycles. The zero-order chi connectivity index (χ0) is 15.7. The lowest BCUT2D eigenvalue weighted by Gasteiger charge is -2.33. The summed E-state index contributed by atoms with van der Waals surface area (Å²) in [7, 11) is 0. The number of carboxylic acid groups (broad SMARTS) is 1. The summed E-state index contributed by atoms with van der Waals surface area (Å²) in [5.74, 6) is -2.07. The molecule has 3 atom stereocenters. The number of allylic oxidation sites excluding steroid dienone is 2. The first-order valence-corrected chi connectivity index (χ1v) is 7.22. The summed E-state index contributed by atoms with van der Waals surface area (Å²) < 4.78 is 0. The van der Waals surface area contributed by atoms with E-state index in [4.69, 9.17) is 0 Å². The van der Waals surface area contributed by atoms with Crippen LogP contribution in [0.15, 0.2) is 11.1 Å². The van der Waals surface area contributed by atoms with Crippen LogP contribution in [-0.4, -0.2) is 23.0 Å². The van der Waals surface area contributed by atoms with Crippen molar-refractivity contribution in [1.29, 1.82) is 0 Å². The summed E-state index contributed by atoms with van der Waals surface area (Å²) in [5.41, 5.74) is 2.21. The van der Waals surface area contributed by atoms with Crippen molar-refractivity contribution in [3.05, 3.63) is 11.1 Å². The predicted molar refractivity (Wildman–Crippen MR) is 79.3 cm³/mol. The molecule has 0 radical (unpaired) electrons. The van der Waals surface area contributed by atoms with Crippen LogP contribution in [-0.2, 0) is 9.59 Å². The molecule has 0 aliphatic heterocycles. The van der Waals surface area contributed by atoms with Crippen LogP contribution >= 0.6 is 0 Å². The maximum Gasteiger partial charge on any atom is 0.307 e. The molecule has 1 aliphatic rings. The summed E-state index contributed by atoms with van der Waals surface area (Å²) >= 11 is 0. The second-order valence-electron chi connectivity index (χ2n) is 7.12. The molecular weight excluding hydrogens is 254 g/mol. The zero-order valence-electron chi connectivity index (χ0n) is 13.4. The molecular formula is C16H27NO3. The van der Waals surface area contributed by atoms with Gasteiger partial charge in [-0.05, 0) is 39.0 Å². The maximum absolute atomic E-state index is 12.4. The first kappa shape index (κ1) is 16.7. The molecule has 0 fully saturated rings. The molecule has 4 heteroatoms. The molecule has 20 heavy (non-hydrogen) atoms. The number of hydrogen-bond acceptors (Lipinski definition) is 2. The number of rotatable bonds is 3. The topological polar surface area (TPSA) is 66.4 Å². The largest absolute Gasteiger partial charge is 0.481 e. The van der Waals surface area contributed by atoms with Gasteiger partial charge in [0.1, 0.15) is 0 Å². The van der Waals surface area contributed by atoms with Crippen LogP contribution in [0.5, 0.6) is 0 Å². The molecule has 1 rings (SSSR count). The van der Waals surface area contributed by atoms with Crippen LogP contribution in [0.3, 0.4) is 0 Å². The molecule has 0 aromatic rings. The summed E-state index contributed by atoms with van der Waals surface area (Å²) in [6.07, 6.45) is 1.02. The maximum atomic E-state index is 12.4. The Labute approximate surface area is 121 Å². The minimum atomic E-state index is -0.875. The number of amides is 1. The molecule has 0 saturated heterocycles. The van der Waals surface area contributed by atoms with E-state index in [1.54, 1.807) is 0 Å². The summed E-state index contributed by atoms with van der Waals surface area (Å²) in [6, 6.07) is 0.0109. The van der Waals surface area contributed by atoms with E-state index in [9.17, 15) is 14.7 Å². The quantitative estimate of drug-likeness (QED) is 0.782. The lowest BCUT2D eigenvalue weighted by molar-refractivity contribution is -0.147. The third-order valence-corrected chi connectivity index (χ3v) is 4.58. The van der Waals surface area contributed by atoms with Crippen molar-refractivity contribution in [3.63, 3.8) is 0 Å². The van der Waals surface area contributed by atoms with Crippen LogP contribution < -0.4 is 5.32 Å². The van der Waals surface area contributed by atoms with Crippen LogP contribution in [0.25, 0.3) is 0 Å². The van der Waals surface area contributed by atoms with Gasteiger partial charge in [-0.15, -0.1) is 0 Å². The van der Waals surface area contributed by atoms with Crippen molar-refractivity contribution in [2.24, 2.45) is 17.3 Å². The Morgan fingerprint density at radius 1 is 1.15 bits per heavy atom. The number of carbonyl (C=O) groups is 2. The standard InChI is InChI=1S/C16H27NO3/c1-9-7-12(13(15(19)20)8-10(9)2)14(18)17-11(3)16(4,5)6/h11-13H,7-8H2,1-6H3,(H,17,18)(H,19,20)/t11-,12+,13+/m1/s1. The number of carboxylic acids is 1. The molecule has 0 heterocycles. The van der Waals surface area contributed by atoms with Crippen molar-refractivity contribution < 1.29 is 14.7 Å². The monoisotopic (exact) mass is 281 g/mol.